The summed E-state index contributed by atoms with van der Waals surface area (Å²) < 4.78 is 0. The van der Waals surface area contributed by atoms with Crippen molar-refractivity contribution in [1.82, 2.24) is 14.9 Å². The zero-order valence-electron chi connectivity index (χ0n) is 12.5. The van der Waals surface area contributed by atoms with Gasteiger partial charge in [0.1, 0.15) is 18.0 Å². The molecular formula is C15H25N5. The topological polar surface area (TPSA) is 44.3 Å². The first-order valence-electron chi connectivity index (χ1n) is 7.84. The number of aromatic nitrogens is 2. The predicted molar refractivity (Wildman–Crippen MR) is 82.2 cm³/mol. The van der Waals surface area contributed by atoms with Crippen molar-refractivity contribution >= 4 is 11.6 Å². The van der Waals surface area contributed by atoms with Gasteiger partial charge in [-0.25, -0.2) is 9.97 Å². The van der Waals surface area contributed by atoms with Gasteiger partial charge in [0.05, 0.1) is 0 Å². The molecule has 1 N–H and O–H groups in total. The van der Waals surface area contributed by atoms with Gasteiger partial charge in [0, 0.05) is 37.8 Å². The Morgan fingerprint density at radius 1 is 1.30 bits per heavy atom. The fourth-order valence-electron chi connectivity index (χ4n) is 3.45. The summed E-state index contributed by atoms with van der Waals surface area (Å²) >= 11 is 0. The number of hydrogen-bond acceptors (Lipinski definition) is 5. The van der Waals surface area contributed by atoms with E-state index in [1.807, 2.05) is 0 Å². The van der Waals surface area contributed by atoms with Crippen LogP contribution in [0.4, 0.5) is 11.6 Å². The Kier molecular flexibility index (Phi) is 4.05. The minimum atomic E-state index is 0.522. The highest BCUT2D eigenvalue weighted by Gasteiger charge is 2.33. The Morgan fingerprint density at radius 2 is 2.20 bits per heavy atom. The van der Waals surface area contributed by atoms with Gasteiger partial charge in [-0.2, -0.15) is 0 Å². The number of nitrogens with one attached hydrogen (secondary N) is 1. The molecule has 2 saturated heterocycles. The number of hydrogen-bond donors (Lipinski definition) is 1. The van der Waals surface area contributed by atoms with Gasteiger partial charge in [-0.1, -0.05) is 6.42 Å². The average molecular weight is 275 g/mol. The van der Waals surface area contributed by atoms with Crippen LogP contribution < -0.4 is 10.2 Å². The molecule has 3 rings (SSSR count). The lowest BCUT2D eigenvalue weighted by Crippen LogP contribution is -2.59. The quantitative estimate of drug-likeness (QED) is 0.913. The third kappa shape index (κ3) is 2.73. The second-order valence-corrected chi connectivity index (χ2v) is 5.94. The van der Waals surface area contributed by atoms with E-state index in [2.05, 4.69) is 45.0 Å². The largest absolute Gasteiger partial charge is 0.370 e. The van der Waals surface area contributed by atoms with E-state index in [1.165, 1.54) is 25.8 Å². The summed E-state index contributed by atoms with van der Waals surface area (Å²) in [5, 5.41) is 3.27. The van der Waals surface area contributed by atoms with Crippen LogP contribution in [0, 0.1) is 0 Å². The van der Waals surface area contributed by atoms with Crippen LogP contribution in [0.15, 0.2) is 12.4 Å². The third-order valence-electron chi connectivity index (χ3n) is 4.49. The number of piperazine rings is 1. The normalized spacial score (nSPS) is 27.2. The molecule has 0 spiro atoms. The van der Waals surface area contributed by atoms with Crippen LogP contribution in [-0.4, -0.2) is 53.1 Å². The highest BCUT2D eigenvalue weighted by atomic mass is 15.3. The van der Waals surface area contributed by atoms with E-state index in [4.69, 9.17) is 0 Å². The Labute approximate surface area is 121 Å². The Bertz CT molecular complexity index is 450. The van der Waals surface area contributed by atoms with E-state index in [9.17, 15) is 0 Å². The van der Waals surface area contributed by atoms with E-state index >= 15 is 0 Å². The standard InChI is InChI=1S/C15H25N5/c1-3-16-14-8-15(18-11-17-14)20-10-13-6-4-5-7-19(13)9-12(20)2/h8,11-13H,3-7,9-10H2,1-2H3,(H,16,17,18). The molecule has 110 valence electrons. The molecule has 20 heavy (non-hydrogen) atoms. The SMILES string of the molecule is CCNc1cc(N2CC3CCCCN3CC2C)ncn1. The van der Waals surface area contributed by atoms with E-state index in [0.29, 0.717) is 12.1 Å². The monoisotopic (exact) mass is 275 g/mol. The van der Waals surface area contributed by atoms with E-state index < -0.39 is 0 Å². The summed E-state index contributed by atoms with van der Waals surface area (Å²) in [4.78, 5) is 13.9. The van der Waals surface area contributed by atoms with Crippen LogP contribution >= 0.6 is 0 Å². The molecule has 0 bridgehead atoms. The molecule has 0 saturated carbocycles. The highest BCUT2D eigenvalue weighted by molar-refractivity contribution is 5.49. The summed E-state index contributed by atoms with van der Waals surface area (Å²) in [6.07, 6.45) is 5.73. The first kappa shape index (κ1) is 13.6. The van der Waals surface area contributed by atoms with Crippen LogP contribution in [0.25, 0.3) is 0 Å². The Balaban J connectivity index is 1.76. The molecule has 2 aliphatic heterocycles. The van der Waals surface area contributed by atoms with Crippen molar-refractivity contribution in [2.45, 2.75) is 45.2 Å². The van der Waals surface area contributed by atoms with Crippen molar-refractivity contribution in [3.8, 4) is 0 Å². The lowest BCUT2D eigenvalue weighted by molar-refractivity contribution is 0.115. The molecule has 2 aliphatic rings. The summed E-state index contributed by atoms with van der Waals surface area (Å²) in [6, 6.07) is 3.31. The van der Waals surface area contributed by atoms with Gasteiger partial charge in [0.25, 0.3) is 0 Å². The van der Waals surface area contributed by atoms with Gasteiger partial charge < -0.3 is 10.2 Å². The van der Waals surface area contributed by atoms with E-state index in [-0.39, 0.29) is 0 Å². The van der Waals surface area contributed by atoms with E-state index in [0.717, 1.165) is 31.3 Å². The van der Waals surface area contributed by atoms with E-state index in [1.54, 1.807) is 6.33 Å². The van der Waals surface area contributed by atoms with Crippen molar-refractivity contribution in [3.05, 3.63) is 12.4 Å². The van der Waals surface area contributed by atoms with Crippen LogP contribution in [0.1, 0.15) is 33.1 Å². The van der Waals surface area contributed by atoms with Crippen molar-refractivity contribution in [2.24, 2.45) is 0 Å². The van der Waals surface area contributed by atoms with Crippen molar-refractivity contribution in [2.75, 3.05) is 36.4 Å². The van der Waals surface area contributed by atoms with Crippen molar-refractivity contribution < 1.29 is 0 Å². The second-order valence-electron chi connectivity index (χ2n) is 5.94. The predicted octanol–water partition coefficient (Wildman–Crippen LogP) is 1.97. The maximum Gasteiger partial charge on any atom is 0.134 e. The van der Waals surface area contributed by atoms with Gasteiger partial charge in [-0.3, -0.25) is 4.90 Å². The minimum Gasteiger partial charge on any atom is -0.370 e. The number of nitrogens with zero attached hydrogens (tertiary/aromatic N) is 4. The van der Waals surface area contributed by atoms with Gasteiger partial charge in [0.2, 0.25) is 0 Å². The minimum absolute atomic E-state index is 0.522. The first-order chi connectivity index (χ1) is 9.78. The lowest BCUT2D eigenvalue weighted by atomic mass is 9.97. The molecule has 2 unspecified atom stereocenters. The van der Waals surface area contributed by atoms with Gasteiger partial charge >= 0.3 is 0 Å². The summed E-state index contributed by atoms with van der Waals surface area (Å²) in [5.41, 5.74) is 0. The Hall–Kier alpha value is -1.36. The molecule has 0 amide bonds. The number of anilines is 2. The Morgan fingerprint density at radius 3 is 3.05 bits per heavy atom. The third-order valence-corrected chi connectivity index (χ3v) is 4.49. The smallest absolute Gasteiger partial charge is 0.134 e. The van der Waals surface area contributed by atoms with Crippen molar-refractivity contribution in [3.63, 3.8) is 0 Å². The molecular weight excluding hydrogens is 250 g/mol. The summed E-state index contributed by atoms with van der Waals surface area (Å²) in [7, 11) is 0. The molecule has 0 aliphatic carbocycles. The van der Waals surface area contributed by atoms with Crippen LogP contribution in [0.2, 0.25) is 0 Å². The number of fused-ring (bicyclic) bond motifs is 1. The van der Waals surface area contributed by atoms with Crippen LogP contribution in [0.3, 0.4) is 0 Å². The molecule has 0 aromatic carbocycles. The molecule has 1 aromatic heterocycles. The van der Waals surface area contributed by atoms with Crippen LogP contribution in [0.5, 0.6) is 0 Å². The molecule has 2 atom stereocenters. The van der Waals surface area contributed by atoms with Crippen LogP contribution in [-0.2, 0) is 0 Å². The fourth-order valence-corrected chi connectivity index (χ4v) is 3.45. The van der Waals surface area contributed by atoms with Gasteiger partial charge in [0.15, 0.2) is 0 Å². The van der Waals surface area contributed by atoms with Gasteiger partial charge in [-0.15, -0.1) is 0 Å². The van der Waals surface area contributed by atoms with Gasteiger partial charge in [-0.05, 0) is 33.2 Å². The summed E-state index contributed by atoms with van der Waals surface area (Å²) in [6.45, 7) is 8.82. The average Bonchev–Trinajstić information content (AvgIpc) is 2.47. The molecule has 5 heteroatoms. The zero-order chi connectivity index (χ0) is 13.9. The maximum atomic E-state index is 4.49. The highest BCUT2D eigenvalue weighted by Crippen LogP contribution is 2.27. The number of piperidine rings is 1. The maximum absolute atomic E-state index is 4.49. The molecule has 5 nitrogen and oxygen atoms in total. The number of rotatable bonds is 3. The molecule has 2 fully saturated rings. The lowest BCUT2D eigenvalue weighted by Gasteiger charge is -2.48. The molecule has 1 aromatic rings. The zero-order valence-corrected chi connectivity index (χ0v) is 12.5. The molecule has 3 heterocycles. The summed E-state index contributed by atoms with van der Waals surface area (Å²) in [5.74, 6) is 1.99. The molecule has 0 radical (unpaired) electrons. The second kappa shape index (κ2) is 5.95. The fraction of sp³-hybridized carbons (Fsp3) is 0.733. The first-order valence-corrected chi connectivity index (χ1v) is 7.84. The van der Waals surface area contributed by atoms with Crippen molar-refractivity contribution in [1.29, 1.82) is 0 Å².